The number of hydrogen-bond acceptors (Lipinski definition) is 9. The van der Waals surface area contributed by atoms with Gasteiger partial charge in [-0.25, -0.2) is 13.2 Å². The van der Waals surface area contributed by atoms with E-state index in [0.717, 1.165) is 36.4 Å². The Balaban J connectivity index is 1.15. The molecule has 0 spiro atoms. The third-order valence-corrected chi connectivity index (χ3v) is 14.5. The number of esters is 3. The van der Waals surface area contributed by atoms with Crippen molar-refractivity contribution in [1.82, 2.24) is 0 Å². The first-order valence-electron chi connectivity index (χ1n) is 13.8. The monoisotopic (exact) mass is 929 g/mol. The van der Waals surface area contributed by atoms with Gasteiger partial charge in [0.2, 0.25) is 0 Å². The van der Waals surface area contributed by atoms with Crippen LogP contribution >= 0.6 is 67.8 Å². The van der Waals surface area contributed by atoms with Gasteiger partial charge in [-0.1, -0.05) is 6.42 Å². The Morgan fingerprint density at radius 3 is 2.48 bits per heavy atom. The van der Waals surface area contributed by atoms with Crippen molar-refractivity contribution in [3.8, 4) is 5.75 Å². The molecule has 13 heteroatoms. The average Bonchev–Trinajstić information content (AvgIpc) is 3.73. The molecule has 4 aliphatic carbocycles. The Bertz CT molecular complexity index is 1640. The number of benzene rings is 2. The molecular formula is C29H24I3O9S-. The average molecular weight is 929 g/mol. The van der Waals surface area contributed by atoms with Crippen LogP contribution in [0.3, 0.4) is 0 Å². The number of ether oxygens (including phenoxy) is 3. The summed E-state index contributed by atoms with van der Waals surface area (Å²) in [5.41, 5.74) is 0.820. The van der Waals surface area contributed by atoms with Gasteiger partial charge in [-0.15, -0.1) is 0 Å². The zero-order valence-electron chi connectivity index (χ0n) is 21.8. The number of fused-ring (bicyclic) bond motifs is 3. The molecule has 2 aromatic rings. The van der Waals surface area contributed by atoms with Crippen LogP contribution in [0.25, 0.3) is 0 Å². The first-order valence-corrected chi connectivity index (χ1v) is 18.4. The predicted molar refractivity (Wildman–Crippen MR) is 170 cm³/mol. The van der Waals surface area contributed by atoms with Crippen LogP contribution in [-0.2, 0) is 29.2 Å². The van der Waals surface area contributed by atoms with Crippen LogP contribution < -0.4 is 4.74 Å². The van der Waals surface area contributed by atoms with Gasteiger partial charge in [0.1, 0.15) is 28.1 Å². The molecule has 42 heavy (non-hydrogen) atoms. The van der Waals surface area contributed by atoms with Gasteiger partial charge >= 0.3 is 17.9 Å². The zero-order chi connectivity index (χ0) is 29.7. The lowest BCUT2D eigenvalue weighted by molar-refractivity contribution is -0.149. The number of carbonyl (C=O) groups excluding carboxylic acids is 3. The van der Waals surface area contributed by atoms with E-state index >= 15 is 0 Å². The molecule has 7 rings (SSSR count). The smallest absolute Gasteiger partial charge is 0.339 e. The maximum Gasteiger partial charge on any atom is 0.339 e. The predicted octanol–water partition coefficient (Wildman–Crippen LogP) is 5.25. The molecule has 9 nitrogen and oxygen atoms in total. The summed E-state index contributed by atoms with van der Waals surface area (Å²) in [4.78, 5) is 39.6. The normalized spacial score (nSPS) is 34.1. The number of rotatable bonds is 6. The fourth-order valence-corrected chi connectivity index (χ4v) is 11.4. The second-order valence-electron chi connectivity index (χ2n) is 12.0. The van der Waals surface area contributed by atoms with Crippen LogP contribution in [-0.4, -0.2) is 43.1 Å². The van der Waals surface area contributed by atoms with Crippen LogP contribution in [0.15, 0.2) is 35.2 Å². The van der Waals surface area contributed by atoms with Crippen molar-refractivity contribution in [1.29, 1.82) is 0 Å². The van der Waals surface area contributed by atoms with Gasteiger partial charge < -0.3 is 18.8 Å². The number of halogens is 3. The quantitative estimate of drug-likeness (QED) is 0.125. The van der Waals surface area contributed by atoms with Crippen LogP contribution in [0.5, 0.6) is 5.75 Å². The molecule has 0 radical (unpaired) electrons. The number of carbonyl (C=O) groups is 3. The summed E-state index contributed by atoms with van der Waals surface area (Å²) in [6.07, 6.45) is 2.99. The summed E-state index contributed by atoms with van der Waals surface area (Å²) in [7, 11) is -4.72. The summed E-state index contributed by atoms with van der Waals surface area (Å²) in [5.74, 6) is -3.11. The van der Waals surface area contributed by atoms with Crippen LogP contribution in [0, 0.1) is 46.2 Å². The van der Waals surface area contributed by atoms with E-state index in [4.69, 9.17) is 14.2 Å². The highest BCUT2D eigenvalue weighted by atomic mass is 127. The van der Waals surface area contributed by atoms with Crippen molar-refractivity contribution in [3.63, 3.8) is 0 Å². The molecule has 1 saturated heterocycles. The highest BCUT2D eigenvalue weighted by Crippen LogP contribution is 2.59. The topological polar surface area (TPSA) is 136 Å². The molecular weight excluding hydrogens is 905 g/mol. The van der Waals surface area contributed by atoms with Crippen LogP contribution in [0.4, 0.5) is 0 Å². The Morgan fingerprint density at radius 2 is 1.79 bits per heavy atom. The summed E-state index contributed by atoms with van der Waals surface area (Å²) in [6, 6.07) is 7.75. The minimum atomic E-state index is -4.72. The highest BCUT2D eigenvalue weighted by molar-refractivity contribution is 14.1. The van der Waals surface area contributed by atoms with Crippen molar-refractivity contribution in [2.24, 2.45) is 35.5 Å². The summed E-state index contributed by atoms with van der Waals surface area (Å²) >= 11 is 6.40. The molecule has 222 valence electrons. The Labute approximate surface area is 283 Å². The number of hydrogen-bond donors (Lipinski definition) is 0. The minimum absolute atomic E-state index is 0.0788. The lowest BCUT2D eigenvalue weighted by Gasteiger charge is -2.30. The maximum absolute atomic E-state index is 13.7. The molecule has 0 N–H and O–H groups in total. The first-order chi connectivity index (χ1) is 19.9. The molecule has 0 amide bonds. The van der Waals surface area contributed by atoms with Gasteiger partial charge in [-0.3, -0.25) is 9.59 Å². The third kappa shape index (κ3) is 4.90. The fraction of sp³-hybridized carbons (Fsp3) is 0.483. The molecule has 2 aromatic carbocycles. The third-order valence-electron chi connectivity index (χ3n) is 9.88. The Morgan fingerprint density at radius 1 is 1.00 bits per heavy atom. The molecule has 4 bridgehead atoms. The molecule has 5 aliphatic rings. The molecule has 1 heterocycles. The van der Waals surface area contributed by atoms with E-state index < -0.39 is 58.0 Å². The van der Waals surface area contributed by atoms with E-state index in [2.05, 4.69) is 67.8 Å². The van der Waals surface area contributed by atoms with Crippen molar-refractivity contribution in [2.45, 2.75) is 55.1 Å². The summed E-state index contributed by atoms with van der Waals surface area (Å²) in [6.45, 7) is 0. The fourth-order valence-electron chi connectivity index (χ4n) is 8.28. The molecule has 0 aromatic heterocycles. The van der Waals surface area contributed by atoms with Gasteiger partial charge in [0, 0.05) is 22.5 Å². The molecule has 5 fully saturated rings. The van der Waals surface area contributed by atoms with Gasteiger partial charge in [0.25, 0.3) is 0 Å². The van der Waals surface area contributed by atoms with Crippen molar-refractivity contribution < 1.29 is 41.6 Å². The van der Waals surface area contributed by atoms with Gasteiger partial charge in [-0.05, 0) is 147 Å². The van der Waals surface area contributed by atoms with Crippen molar-refractivity contribution in [2.75, 3.05) is 0 Å². The second kappa shape index (κ2) is 10.8. The molecule has 9 atom stereocenters. The summed E-state index contributed by atoms with van der Waals surface area (Å²) < 4.78 is 56.2. The zero-order valence-corrected chi connectivity index (χ0v) is 29.1. The minimum Gasteiger partial charge on any atom is -0.744 e. The lowest BCUT2D eigenvalue weighted by atomic mass is 9.78. The van der Waals surface area contributed by atoms with Crippen LogP contribution in [0.2, 0.25) is 0 Å². The second-order valence-corrected chi connectivity index (χ2v) is 16.8. The van der Waals surface area contributed by atoms with Gasteiger partial charge in [0.15, 0.2) is 0 Å². The van der Waals surface area contributed by atoms with E-state index in [0.29, 0.717) is 29.4 Å². The Kier molecular flexibility index (Phi) is 7.62. The Hall–Kier alpha value is -1.05. The SMILES string of the molecule is O=C(OC1C2CC3C1OC(=O)C3C2C(=O)Oc1ccc(S(=O)(=O)[O-])c(C2CC3CCC2C3)c1)c1cc(I)cc(I)c1I. The summed E-state index contributed by atoms with van der Waals surface area (Å²) in [5, 5.41) is 0. The van der Waals surface area contributed by atoms with Crippen molar-refractivity contribution in [3.05, 3.63) is 52.2 Å². The lowest BCUT2D eigenvalue weighted by Crippen LogP contribution is -2.44. The first kappa shape index (κ1) is 29.6. The van der Waals surface area contributed by atoms with E-state index in [1.54, 1.807) is 6.07 Å². The van der Waals surface area contributed by atoms with E-state index in [1.807, 2.05) is 6.07 Å². The van der Waals surface area contributed by atoms with E-state index in [1.165, 1.54) is 18.2 Å². The van der Waals surface area contributed by atoms with E-state index in [9.17, 15) is 27.4 Å². The van der Waals surface area contributed by atoms with E-state index in [-0.39, 0.29) is 22.5 Å². The van der Waals surface area contributed by atoms with Crippen LogP contribution in [0.1, 0.15) is 53.9 Å². The molecule has 4 saturated carbocycles. The van der Waals surface area contributed by atoms with Crippen molar-refractivity contribution >= 4 is 95.8 Å². The largest absolute Gasteiger partial charge is 0.744 e. The van der Waals surface area contributed by atoms with Gasteiger partial charge in [0.05, 0.1) is 22.3 Å². The highest BCUT2D eigenvalue weighted by Gasteiger charge is 2.70. The molecule has 9 unspecified atom stereocenters. The van der Waals surface area contributed by atoms with Gasteiger partial charge in [-0.2, -0.15) is 0 Å². The molecule has 1 aliphatic heterocycles. The standard InChI is InChI=1S/C29H25I3O9S/c30-13-7-19(24(32)20(31)8-13)27(33)40-25-17-10-18-23(29(35)41-26(18)25)22(17)28(34)39-14-3-4-21(42(36,37)38)16(9-14)15-6-11-1-2-12(15)5-11/h3-4,7-9,11-12,15,17-18,22-23,25-26H,1-2,5-6,10H2,(H,36,37,38)/p-1. The maximum atomic E-state index is 13.7.